The average molecular weight is 400 g/mol. The van der Waals surface area contributed by atoms with Crippen molar-refractivity contribution in [3.05, 3.63) is 46.6 Å². The van der Waals surface area contributed by atoms with Crippen LogP contribution in [0.2, 0.25) is 0 Å². The molecule has 0 aliphatic carbocycles. The first-order valence-electron chi connectivity index (χ1n) is 9.46. The zero-order chi connectivity index (χ0) is 20.8. The highest BCUT2D eigenvalue weighted by Crippen LogP contribution is 2.43. The summed E-state index contributed by atoms with van der Waals surface area (Å²) in [6, 6.07) is 9.92. The number of hydrogen-bond acceptors (Lipinski definition) is 7. The minimum absolute atomic E-state index is 0.0572. The van der Waals surface area contributed by atoms with Gasteiger partial charge in [0.1, 0.15) is 22.5 Å². The van der Waals surface area contributed by atoms with Crippen LogP contribution < -0.4 is 29.1 Å². The molecule has 29 heavy (non-hydrogen) atoms. The lowest BCUT2D eigenvalue weighted by atomic mass is 10.1. The molecule has 3 aromatic rings. The smallest absolute Gasteiger partial charge is 0.294 e. The maximum absolute atomic E-state index is 12.8. The lowest BCUT2D eigenvalue weighted by Crippen LogP contribution is -2.07. The Labute approximate surface area is 168 Å². The van der Waals surface area contributed by atoms with Gasteiger partial charge in [-0.05, 0) is 45.0 Å². The predicted molar refractivity (Wildman–Crippen MR) is 109 cm³/mol. The second kappa shape index (κ2) is 9.23. The maximum Gasteiger partial charge on any atom is 0.294 e. The Morgan fingerprint density at radius 1 is 0.828 bits per heavy atom. The zero-order valence-electron chi connectivity index (χ0n) is 16.9. The molecule has 3 rings (SSSR count). The van der Waals surface area contributed by atoms with E-state index in [1.54, 1.807) is 30.3 Å². The molecule has 0 aliphatic heterocycles. The van der Waals surface area contributed by atoms with Gasteiger partial charge in [0.2, 0.25) is 11.2 Å². The van der Waals surface area contributed by atoms with Crippen molar-refractivity contribution in [3.63, 3.8) is 0 Å². The van der Waals surface area contributed by atoms with Crippen LogP contribution >= 0.6 is 0 Å². The molecule has 0 saturated carbocycles. The Balaban J connectivity index is 2.06. The molecule has 0 N–H and O–H groups in total. The van der Waals surface area contributed by atoms with E-state index in [4.69, 9.17) is 28.1 Å². The van der Waals surface area contributed by atoms with Gasteiger partial charge in [0, 0.05) is 6.07 Å². The molecular formula is C22H24O7. The van der Waals surface area contributed by atoms with E-state index in [1.807, 2.05) is 20.8 Å². The monoisotopic (exact) mass is 400 g/mol. The van der Waals surface area contributed by atoms with Crippen LogP contribution in [0.1, 0.15) is 20.8 Å². The van der Waals surface area contributed by atoms with E-state index in [-0.39, 0.29) is 28.1 Å². The molecule has 7 heteroatoms. The third-order valence-electron chi connectivity index (χ3n) is 4.02. The lowest BCUT2D eigenvalue weighted by Gasteiger charge is -2.16. The van der Waals surface area contributed by atoms with E-state index in [0.29, 0.717) is 37.1 Å². The molecule has 1 aromatic heterocycles. The quantitative estimate of drug-likeness (QED) is 0.511. The van der Waals surface area contributed by atoms with Gasteiger partial charge in [-0.15, -0.1) is 0 Å². The zero-order valence-corrected chi connectivity index (χ0v) is 16.9. The van der Waals surface area contributed by atoms with Crippen LogP contribution in [0.5, 0.6) is 34.7 Å². The van der Waals surface area contributed by atoms with Gasteiger partial charge in [-0.3, -0.25) is 4.79 Å². The van der Waals surface area contributed by atoms with Crippen LogP contribution in [0.4, 0.5) is 0 Å². The third kappa shape index (κ3) is 4.39. The Morgan fingerprint density at radius 3 is 2.10 bits per heavy atom. The fourth-order valence-corrected chi connectivity index (χ4v) is 2.90. The van der Waals surface area contributed by atoms with E-state index in [1.165, 1.54) is 13.2 Å². The van der Waals surface area contributed by atoms with Crippen LogP contribution in [0.25, 0.3) is 11.0 Å². The number of ether oxygens (including phenoxy) is 5. The average Bonchev–Trinajstić information content (AvgIpc) is 2.70. The molecule has 0 saturated heterocycles. The molecule has 7 nitrogen and oxygen atoms in total. The summed E-state index contributed by atoms with van der Waals surface area (Å²) in [4.78, 5) is 12.8. The van der Waals surface area contributed by atoms with Crippen LogP contribution in [-0.4, -0.2) is 26.9 Å². The summed E-state index contributed by atoms with van der Waals surface area (Å²) in [6.45, 7) is 6.93. The molecule has 0 atom stereocenters. The molecule has 0 unspecified atom stereocenters. The van der Waals surface area contributed by atoms with Crippen LogP contribution in [0, 0.1) is 0 Å². The van der Waals surface area contributed by atoms with E-state index in [9.17, 15) is 4.79 Å². The molecular weight excluding hydrogens is 376 g/mol. The van der Waals surface area contributed by atoms with Crippen LogP contribution in [0.15, 0.2) is 45.6 Å². The lowest BCUT2D eigenvalue weighted by molar-refractivity contribution is 0.283. The van der Waals surface area contributed by atoms with Crippen molar-refractivity contribution in [2.75, 3.05) is 26.9 Å². The van der Waals surface area contributed by atoms with Gasteiger partial charge in [-0.1, -0.05) is 0 Å². The molecule has 0 fully saturated rings. The minimum Gasteiger partial charge on any atom is -0.494 e. The highest BCUT2D eigenvalue weighted by molar-refractivity contribution is 5.89. The van der Waals surface area contributed by atoms with Crippen molar-refractivity contribution in [1.82, 2.24) is 0 Å². The third-order valence-corrected chi connectivity index (χ3v) is 4.02. The topological polar surface area (TPSA) is 76.4 Å². The first-order valence-corrected chi connectivity index (χ1v) is 9.46. The largest absolute Gasteiger partial charge is 0.494 e. The van der Waals surface area contributed by atoms with Crippen LogP contribution in [0.3, 0.4) is 0 Å². The SMILES string of the molecule is CCOc1ccc(Oc2cc(=O)c3c(OCC)c(OC)c(OCC)cc3o2)cc1. The number of rotatable bonds is 9. The second-order valence-electron chi connectivity index (χ2n) is 5.91. The summed E-state index contributed by atoms with van der Waals surface area (Å²) in [7, 11) is 1.50. The van der Waals surface area contributed by atoms with E-state index in [0.717, 1.165) is 5.75 Å². The number of hydrogen-bond donors (Lipinski definition) is 0. The second-order valence-corrected chi connectivity index (χ2v) is 5.91. The van der Waals surface area contributed by atoms with Gasteiger partial charge in [0.15, 0.2) is 11.5 Å². The molecule has 0 spiro atoms. The number of fused-ring (bicyclic) bond motifs is 1. The van der Waals surface area contributed by atoms with Crippen molar-refractivity contribution >= 4 is 11.0 Å². The summed E-state index contributed by atoms with van der Waals surface area (Å²) in [5, 5.41) is 0.270. The summed E-state index contributed by atoms with van der Waals surface area (Å²) in [5.74, 6) is 2.37. The van der Waals surface area contributed by atoms with Crippen molar-refractivity contribution in [2.24, 2.45) is 0 Å². The van der Waals surface area contributed by atoms with E-state index >= 15 is 0 Å². The van der Waals surface area contributed by atoms with Gasteiger partial charge in [-0.2, -0.15) is 0 Å². The first-order chi connectivity index (χ1) is 14.1. The Morgan fingerprint density at radius 2 is 1.48 bits per heavy atom. The van der Waals surface area contributed by atoms with Gasteiger partial charge < -0.3 is 28.1 Å². The molecule has 2 aromatic carbocycles. The van der Waals surface area contributed by atoms with Crippen molar-refractivity contribution in [1.29, 1.82) is 0 Å². The van der Waals surface area contributed by atoms with Gasteiger partial charge in [0.05, 0.1) is 33.0 Å². The maximum atomic E-state index is 12.8. The Bertz CT molecular complexity index is 1020. The fraction of sp³-hybridized carbons (Fsp3) is 0.318. The fourth-order valence-electron chi connectivity index (χ4n) is 2.90. The summed E-state index contributed by atoms with van der Waals surface area (Å²) in [5.41, 5.74) is -0.0249. The van der Waals surface area contributed by atoms with E-state index in [2.05, 4.69) is 0 Å². The molecule has 0 aliphatic rings. The summed E-state index contributed by atoms with van der Waals surface area (Å²) >= 11 is 0. The van der Waals surface area contributed by atoms with Crippen molar-refractivity contribution < 1.29 is 28.1 Å². The highest BCUT2D eigenvalue weighted by atomic mass is 16.6. The molecule has 0 radical (unpaired) electrons. The standard InChI is InChI=1S/C22H24O7/c1-5-25-14-8-10-15(11-9-14)28-19-12-16(23)20-17(29-19)13-18(26-6-2)21(24-4)22(20)27-7-3/h8-13H,5-7H2,1-4H3. The minimum atomic E-state index is -0.308. The van der Waals surface area contributed by atoms with Crippen molar-refractivity contribution in [3.8, 4) is 34.7 Å². The van der Waals surface area contributed by atoms with E-state index < -0.39 is 0 Å². The number of methoxy groups -OCH3 is 1. The number of benzene rings is 2. The summed E-state index contributed by atoms with van der Waals surface area (Å²) in [6.07, 6.45) is 0. The Hall–Kier alpha value is -3.35. The van der Waals surface area contributed by atoms with Gasteiger partial charge in [0.25, 0.3) is 5.95 Å². The van der Waals surface area contributed by atoms with Crippen molar-refractivity contribution in [2.45, 2.75) is 20.8 Å². The normalized spacial score (nSPS) is 10.6. The predicted octanol–water partition coefficient (Wildman–Crippen LogP) is 4.79. The first kappa shape index (κ1) is 20.4. The van der Waals surface area contributed by atoms with Gasteiger partial charge in [-0.25, -0.2) is 0 Å². The molecule has 0 bridgehead atoms. The molecule has 0 amide bonds. The Kier molecular flexibility index (Phi) is 6.49. The van der Waals surface area contributed by atoms with Crippen LogP contribution in [-0.2, 0) is 0 Å². The molecule has 1 heterocycles. The highest BCUT2D eigenvalue weighted by Gasteiger charge is 2.21. The van der Waals surface area contributed by atoms with Gasteiger partial charge >= 0.3 is 0 Å². The summed E-state index contributed by atoms with van der Waals surface area (Å²) < 4.78 is 33.7. The molecule has 154 valence electrons.